The van der Waals surface area contributed by atoms with Gasteiger partial charge in [0.15, 0.2) is 0 Å². The van der Waals surface area contributed by atoms with Crippen LogP contribution in [0.4, 0.5) is 5.69 Å². The summed E-state index contributed by atoms with van der Waals surface area (Å²) in [5.41, 5.74) is 2.02. The highest BCUT2D eigenvalue weighted by molar-refractivity contribution is 9.10. The maximum absolute atomic E-state index is 12.5. The molecule has 4 nitrogen and oxygen atoms in total. The highest BCUT2D eigenvalue weighted by Gasteiger charge is 2.28. The fraction of sp³-hybridized carbons (Fsp3) is 0.529. The van der Waals surface area contributed by atoms with Crippen LogP contribution in [0.15, 0.2) is 22.7 Å². The third-order valence-electron chi connectivity index (χ3n) is 4.67. The van der Waals surface area contributed by atoms with Crippen LogP contribution >= 0.6 is 15.9 Å². The highest BCUT2D eigenvalue weighted by atomic mass is 79.9. The SMILES string of the molecule is CC1CCN(C(=O)CN2C(=O)CCc3cc(Br)ccc32)CC1. The van der Waals surface area contributed by atoms with Crippen molar-refractivity contribution in [1.82, 2.24) is 4.90 Å². The van der Waals surface area contributed by atoms with Crippen molar-refractivity contribution >= 4 is 33.4 Å². The van der Waals surface area contributed by atoms with Crippen LogP contribution in [0.5, 0.6) is 0 Å². The molecule has 1 aromatic carbocycles. The van der Waals surface area contributed by atoms with Gasteiger partial charge in [-0.3, -0.25) is 9.59 Å². The number of rotatable bonds is 2. The smallest absolute Gasteiger partial charge is 0.242 e. The van der Waals surface area contributed by atoms with E-state index in [9.17, 15) is 9.59 Å². The molecule has 0 radical (unpaired) electrons. The number of likely N-dealkylation sites (tertiary alicyclic amines) is 1. The molecule has 1 fully saturated rings. The first-order chi connectivity index (χ1) is 10.5. The van der Waals surface area contributed by atoms with Gasteiger partial charge in [0.1, 0.15) is 6.54 Å². The van der Waals surface area contributed by atoms with Gasteiger partial charge >= 0.3 is 0 Å². The van der Waals surface area contributed by atoms with E-state index in [1.165, 1.54) is 0 Å². The zero-order chi connectivity index (χ0) is 15.7. The molecule has 0 spiro atoms. The van der Waals surface area contributed by atoms with Crippen molar-refractivity contribution in [3.05, 3.63) is 28.2 Å². The van der Waals surface area contributed by atoms with E-state index in [-0.39, 0.29) is 18.4 Å². The standard InChI is InChI=1S/C17H21BrN2O2/c1-12-6-8-19(9-7-12)17(22)11-20-15-4-3-14(18)10-13(15)2-5-16(20)21/h3-4,10,12H,2,5-9,11H2,1H3. The van der Waals surface area contributed by atoms with Gasteiger partial charge in [0.2, 0.25) is 11.8 Å². The van der Waals surface area contributed by atoms with Crippen molar-refractivity contribution < 1.29 is 9.59 Å². The number of carbonyl (C=O) groups excluding carboxylic acids is 2. The fourth-order valence-corrected chi connectivity index (χ4v) is 3.60. The van der Waals surface area contributed by atoms with Gasteiger partial charge in [-0.1, -0.05) is 22.9 Å². The molecule has 118 valence electrons. The van der Waals surface area contributed by atoms with E-state index < -0.39 is 0 Å². The van der Waals surface area contributed by atoms with Crippen LogP contribution in [0.1, 0.15) is 31.7 Å². The molecule has 2 aliphatic rings. The Morgan fingerprint density at radius 3 is 2.73 bits per heavy atom. The first kappa shape index (κ1) is 15.5. The molecule has 2 heterocycles. The Morgan fingerprint density at radius 2 is 2.00 bits per heavy atom. The summed E-state index contributed by atoms with van der Waals surface area (Å²) in [5.74, 6) is 0.809. The van der Waals surface area contributed by atoms with E-state index in [1.807, 2.05) is 23.1 Å². The van der Waals surface area contributed by atoms with Crippen LogP contribution < -0.4 is 4.90 Å². The predicted octanol–water partition coefficient (Wildman–Crippen LogP) is 2.99. The predicted molar refractivity (Wildman–Crippen MR) is 89.8 cm³/mol. The van der Waals surface area contributed by atoms with Crippen LogP contribution in [0.2, 0.25) is 0 Å². The molecule has 1 aromatic rings. The molecule has 2 aliphatic heterocycles. The van der Waals surface area contributed by atoms with Crippen molar-refractivity contribution in [1.29, 1.82) is 0 Å². The van der Waals surface area contributed by atoms with Crippen LogP contribution in [0, 0.1) is 5.92 Å². The lowest BCUT2D eigenvalue weighted by Crippen LogP contribution is -2.47. The molecule has 0 atom stereocenters. The number of halogens is 1. The summed E-state index contributed by atoms with van der Waals surface area (Å²) in [6.45, 7) is 4.02. The monoisotopic (exact) mass is 364 g/mol. The lowest BCUT2D eigenvalue weighted by molar-refractivity contribution is -0.132. The average molecular weight is 365 g/mol. The third kappa shape index (κ3) is 3.19. The Balaban J connectivity index is 1.74. The van der Waals surface area contributed by atoms with Gasteiger partial charge in [-0.25, -0.2) is 0 Å². The zero-order valence-corrected chi connectivity index (χ0v) is 14.4. The highest BCUT2D eigenvalue weighted by Crippen LogP contribution is 2.30. The Kier molecular flexibility index (Phi) is 4.52. The molecule has 22 heavy (non-hydrogen) atoms. The summed E-state index contributed by atoms with van der Waals surface area (Å²) in [6.07, 6.45) is 3.35. The Morgan fingerprint density at radius 1 is 1.27 bits per heavy atom. The number of hydrogen-bond acceptors (Lipinski definition) is 2. The zero-order valence-electron chi connectivity index (χ0n) is 12.8. The minimum absolute atomic E-state index is 0.0496. The van der Waals surface area contributed by atoms with Crippen molar-refractivity contribution in [3.8, 4) is 0 Å². The maximum Gasteiger partial charge on any atom is 0.242 e. The van der Waals surface area contributed by atoms with E-state index in [4.69, 9.17) is 0 Å². The number of benzene rings is 1. The van der Waals surface area contributed by atoms with E-state index in [2.05, 4.69) is 22.9 Å². The largest absolute Gasteiger partial charge is 0.341 e. The molecule has 0 aliphatic carbocycles. The molecule has 2 amide bonds. The number of anilines is 1. The normalized spacial score (nSPS) is 19.3. The maximum atomic E-state index is 12.5. The number of hydrogen-bond donors (Lipinski definition) is 0. The fourth-order valence-electron chi connectivity index (χ4n) is 3.20. The van der Waals surface area contributed by atoms with Gasteiger partial charge < -0.3 is 9.80 Å². The number of aryl methyl sites for hydroxylation is 1. The Bertz CT molecular complexity index is 594. The molecule has 5 heteroatoms. The topological polar surface area (TPSA) is 40.6 Å². The van der Waals surface area contributed by atoms with Crippen molar-refractivity contribution in [2.24, 2.45) is 5.92 Å². The van der Waals surface area contributed by atoms with E-state index in [0.29, 0.717) is 12.3 Å². The molecule has 3 rings (SSSR count). The quantitative estimate of drug-likeness (QED) is 0.809. The average Bonchev–Trinajstić information content (AvgIpc) is 2.50. The second kappa shape index (κ2) is 6.41. The van der Waals surface area contributed by atoms with E-state index >= 15 is 0 Å². The minimum Gasteiger partial charge on any atom is -0.341 e. The van der Waals surface area contributed by atoms with E-state index in [0.717, 1.165) is 48.1 Å². The lowest BCUT2D eigenvalue weighted by Gasteiger charge is -2.34. The number of nitrogens with zero attached hydrogens (tertiary/aromatic N) is 2. The molecule has 1 saturated heterocycles. The van der Waals surface area contributed by atoms with E-state index in [1.54, 1.807) is 4.90 Å². The van der Waals surface area contributed by atoms with Gasteiger partial charge in [-0.15, -0.1) is 0 Å². The van der Waals surface area contributed by atoms with Crippen LogP contribution in [0.3, 0.4) is 0 Å². The molecular formula is C17H21BrN2O2. The third-order valence-corrected chi connectivity index (χ3v) is 5.16. The van der Waals surface area contributed by atoms with Crippen LogP contribution in [-0.2, 0) is 16.0 Å². The first-order valence-electron chi connectivity index (χ1n) is 7.91. The number of carbonyl (C=O) groups is 2. The van der Waals surface area contributed by atoms with Crippen LogP contribution in [0.25, 0.3) is 0 Å². The van der Waals surface area contributed by atoms with Gasteiger partial charge in [0, 0.05) is 29.7 Å². The van der Waals surface area contributed by atoms with Crippen molar-refractivity contribution in [2.45, 2.75) is 32.6 Å². The van der Waals surface area contributed by atoms with Gasteiger partial charge in [-0.2, -0.15) is 0 Å². The Hall–Kier alpha value is -1.36. The molecule has 0 bridgehead atoms. The summed E-state index contributed by atoms with van der Waals surface area (Å²) in [6, 6.07) is 5.90. The summed E-state index contributed by atoms with van der Waals surface area (Å²) in [4.78, 5) is 28.3. The summed E-state index contributed by atoms with van der Waals surface area (Å²) >= 11 is 3.47. The van der Waals surface area contributed by atoms with Gasteiger partial charge in [0.25, 0.3) is 0 Å². The van der Waals surface area contributed by atoms with Crippen molar-refractivity contribution in [3.63, 3.8) is 0 Å². The first-order valence-corrected chi connectivity index (χ1v) is 8.70. The summed E-state index contributed by atoms with van der Waals surface area (Å²) in [5, 5.41) is 0. The van der Waals surface area contributed by atoms with Gasteiger partial charge in [0.05, 0.1) is 0 Å². The van der Waals surface area contributed by atoms with Gasteiger partial charge in [-0.05, 0) is 48.9 Å². The number of amides is 2. The lowest BCUT2D eigenvalue weighted by atomic mass is 9.99. The number of fused-ring (bicyclic) bond motifs is 1. The number of piperidine rings is 1. The molecule has 0 unspecified atom stereocenters. The molecular weight excluding hydrogens is 344 g/mol. The second-order valence-corrected chi connectivity index (χ2v) is 7.23. The summed E-state index contributed by atoms with van der Waals surface area (Å²) < 4.78 is 1.01. The van der Waals surface area contributed by atoms with Crippen LogP contribution in [-0.4, -0.2) is 36.3 Å². The Labute approximate surface area is 139 Å². The molecule has 0 aromatic heterocycles. The summed E-state index contributed by atoms with van der Waals surface area (Å²) in [7, 11) is 0. The molecule has 0 N–H and O–H groups in total. The second-order valence-electron chi connectivity index (χ2n) is 6.32. The molecule has 0 saturated carbocycles. The van der Waals surface area contributed by atoms with Crippen molar-refractivity contribution in [2.75, 3.05) is 24.5 Å². The minimum atomic E-state index is 0.0496.